The zero-order valence-corrected chi connectivity index (χ0v) is 17.6. The van der Waals surface area contributed by atoms with Crippen LogP contribution >= 0.6 is 0 Å². The Balaban J connectivity index is 1.56. The van der Waals surface area contributed by atoms with Crippen LogP contribution in [0.2, 0.25) is 0 Å². The lowest BCUT2D eigenvalue weighted by molar-refractivity contribution is -0.117. The number of rotatable bonds is 6. The van der Waals surface area contributed by atoms with Crippen LogP contribution in [0.3, 0.4) is 0 Å². The minimum Gasteiger partial charge on any atom is -0.355 e. The number of aryl methyl sites for hydroxylation is 1. The van der Waals surface area contributed by atoms with Crippen molar-refractivity contribution in [3.8, 4) is 0 Å². The maximum Gasteiger partial charge on any atom is 0.262 e. The van der Waals surface area contributed by atoms with E-state index in [0.29, 0.717) is 11.1 Å². The van der Waals surface area contributed by atoms with E-state index in [0.717, 1.165) is 37.6 Å². The number of carbonyl (C=O) groups is 2. The first-order valence-electron chi connectivity index (χ1n) is 12.2. The number of amides is 2. The molecule has 32 heavy (non-hydrogen) atoms. The molecule has 2 fully saturated rings. The van der Waals surface area contributed by atoms with E-state index >= 15 is 0 Å². The fourth-order valence-corrected chi connectivity index (χ4v) is 4.06. The predicted octanol–water partition coefficient (Wildman–Crippen LogP) is 2.91. The second kappa shape index (κ2) is 7.81. The molecule has 0 radical (unpaired) electrons. The monoisotopic (exact) mass is 437 g/mol. The Labute approximate surface area is 189 Å². The highest BCUT2D eigenvalue weighted by Gasteiger charge is 2.30. The summed E-state index contributed by atoms with van der Waals surface area (Å²) >= 11 is 0. The van der Waals surface area contributed by atoms with Crippen LogP contribution in [0.5, 0.6) is 0 Å². The smallest absolute Gasteiger partial charge is 0.262 e. The number of pyridine rings is 2. The Hall–Kier alpha value is -3.62. The summed E-state index contributed by atoms with van der Waals surface area (Å²) in [4.78, 5) is 42.5. The van der Waals surface area contributed by atoms with Gasteiger partial charge in [-0.2, -0.15) is 0 Å². The number of nitrogens with zero attached hydrogens (tertiary/aromatic N) is 3. The number of nitrogens with one attached hydrogen (secondary N) is 3. The molecule has 0 saturated heterocycles. The van der Waals surface area contributed by atoms with Crippen LogP contribution in [0.4, 0.5) is 17.2 Å². The van der Waals surface area contributed by atoms with Crippen molar-refractivity contribution in [1.82, 2.24) is 19.4 Å². The lowest BCUT2D eigenvalue weighted by Gasteiger charge is -2.27. The first kappa shape index (κ1) is 17.0. The third kappa shape index (κ3) is 3.53. The molecule has 3 heterocycles. The largest absolute Gasteiger partial charge is 0.355 e. The summed E-state index contributed by atoms with van der Waals surface area (Å²) in [6.07, 6.45) is 9.40. The van der Waals surface area contributed by atoms with E-state index in [2.05, 4.69) is 15.6 Å². The van der Waals surface area contributed by atoms with Gasteiger partial charge >= 0.3 is 0 Å². The van der Waals surface area contributed by atoms with Crippen molar-refractivity contribution in [2.75, 3.05) is 17.6 Å². The fraction of sp³-hybridized carbons (Fsp3) is 0.391. The number of anilines is 3. The van der Waals surface area contributed by atoms with E-state index in [1.54, 1.807) is 10.8 Å². The Bertz CT molecular complexity index is 1390. The van der Waals surface area contributed by atoms with Gasteiger partial charge in [-0.25, -0.2) is 4.98 Å². The average molecular weight is 438 g/mol. The van der Waals surface area contributed by atoms with Crippen LogP contribution in [0.1, 0.15) is 52.6 Å². The summed E-state index contributed by atoms with van der Waals surface area (Å²) in [6.45, 7) is -2.69. The molecule has 9 nitrogen and oxygen atoms in total. The predicted molar refractivity (Wildman–Crippen MR) is 122 cm³/mol. The Kier molecular flexibility index (Phi) is 4.15. The van der Waals surface area contributed by atoms with Crippen LogP contribution < -0.4 is 21.5 Å². The highest BCUT2D eigenvalue weighted by atomic mass is 16.2. The number of hydrogen-bond acceptors (Lipinski definition) is 5. The van der Waals surface area contributed by atoms with Crippen molar-refractivity contribution < 1.29 is 13.7 Å². The summed E-state index contributed by atoms with van der Waals surface area (Å²) in [5, 5.41) is 8.30. The van der Waals surface area contributed by atoms with Gasteiger partial charge in [0.25, 0.3) is 11.5 Å². The van der Waals surface area contributed by atoms with Crippen LogP contribution in [-0.4, -0.2) is 32.9 Å². The summed E-state index contributed by atoms with van der Waals surface area (Å²) in [6, 6.07) is 3.53. The van der Waals surface area contributed by atoms with Gasteiger partial charge in [0.1, 0.15) is 5.82 Å². The third-order valence-corrected chi connectivity index (χ3v) is 6.27. The van der Waals surface area contributed by atoms with Gasteiger partial charge in [-0.15, -0.1) is 0 Å². The van der Waals surface area contributed by atoms with Crippen LogP contribution in [0.15, 0.2) is 35.5 Å². The summed E-state index contributed by atoms with van der Waals surface area (Å²) in [5.74, 6) is -0.833. The molecular formula is C23H26N6O3. The molecule has 5 rings (SSSR count). The summed E-state index contributed by atoms with van der Waals surface area (Å²) in [7, 11) is 1.82. The fourth-order valence-electron chi connectivity index (χ4n) is 4.06. The highest BCUT2D eigenvalue weighted by molar-refractivity contribution is 6.03. The van der Waals surface area contributed by atoms with Crippen molar-refractivity contribution in [2.45, 2.75) is 38.1 Å². The number of aromatic nitrogens is 3. The van der Waals surface area contributed by atoms with Gasteiger partial charge in [0.05, 0.1) is 27.8 Å². The van der Waals surface area contributed by atoms with Crippen LogP contribution in [-0.2, 0) is 11.8 Å². The maximum absolute atomic E-state index is 13.4. The Morgan fingerprint density at radius 1 is 1.22 bits per heavy atom. The molecule has 0 aromatic carbocycles. The van der Waals surface area contributed by atoms with Gasteiger partial charge in [-0.1, -0.05) is 0 Å². The van der Waals surface area contributed by atoms with E-state index in [1.165, 1.54) is 12.3 Å². The standard InChI is InChI=1S/C23H26N6O3/c1-24-22(31)15-11-25-19(27-21(30)13-6-7-13)10-16(15)26-17-12-28(2)18-8-9-29(14-4-3-5-14)23(32)20(17)18/h8-14H,3-7H2,1-2H3,(H,24,31)(H2,25,26,27,30)/i1D3. The molecule has 3 aromatic heterocycles. The van der Waals surface area contributed by atoms with E-state index in [1.807, 2.05) is 29.2 Å². The Morgan fingerprint density at radius 3 is 2.72 bits per heavy atom. The average Bonchev–Trinajstić information content (AvgIpc) is 3.53. The zero-order valence-electron chi connectivity index (χ0n) is 20.6. The molecular weight excluding hydrogens is 408 g/mol. The van der Waals surface area contributed by atoms with Crippen molar-refractivity contribution in [3.05, 3.63) is 46.6 Å². The third-order valence-electron chi connectivity index (χ3n) is 6.27. The molecule has 2 aliphatic carbocycles. The van der Waals surface area contributed by atoms with Gasteiger partial charge < -0.3 is 25.1 Å². The van der Waals surface area contributed by atoms with E-state index in [9.17, 15) is 14.4 Å². The molecule has 2 amide bonds. The minimum atomic E-state index is -2.69. The highest BCUT2D eigenvalue weighted by Crippen LogP contribution is 2.33. The second-order valence-electron chi connectivity index (χ2n) is 8.48. The van der Waals surface area contributed by atoms with E-state index in [-0.39, 0.29) is 40.5 Å². The zero-order chi connectivity index (χ0) is 24.9. The molecule has 2 saturated carbocycles. The minimum absolute atomic E-state index is 0.0298. The first-order chi connectivity index (χ1) is 16.6. The van der Waals surface area contributed by atoms with Crippen LogP contribution in [0.25, 0.3) is 10.9 Å². The summed E-state index contributed by atoms with van der Waals surface area (Å²) in [5.41, 5.74) is 1.24. The van der Waals surface area contributed by atoms with Gasteiger partial charge in [-0.05, 0) is 38.2 Å². The molecule has 0 unspecified atom stereocenters. The number of carbonyl (C=O) groups excluding carboxylic acids is 2. The van der Waals surface area contributed by atoms with Gasteiger partial charge in [0.15, 0.2) is 0 Å². The SMILES string of the molecule is [2H]C([2H])([2H])NC(=O)c1cnc(NC(=O)C2CC2)cc1Nc1cn(C)c2ccn(C3CCC3)c(=O)c12. The number of fused-ring (bicyclic) bond motifs is 1. The molecule has 2 aliphatic rings. The lowest BCUT2D eigenvalue weighted by Crippen LogP contribution is -2.28. The van der Waals surface area contributed by atoms with Crippen molar-refractivity contribution in [2.24, 2.45) is 13.0 Å². The quantitative estimate of drug-likeness (QED) is 0.549. The summed E-state index contributed by atoms with van der Waals surface area (Å²) < 4.78 is 25.7. The molecule has 0 aliphatic heterocycles. The molecule has 166 valence electrons. The van der Waals surface area contributed by atoms with Gasteiger partial charge in [0.2, 0.25) is 5.91 Å². The van der Waals surface area contributed by atoms with Crippen molar-refractivity contribution in [3.63, 3.8) is 0 Å². The topological polar surface area (TPSA) is 110 Å². The Morgan fingerprint density at radius 2 is 2.03 bits per heavy atom. The van der Waals surface area contributed by atoms with Crippen molar-refractivity contribution >= 4 is 39.9 Å². The normalized spacial score (nSPS) is 17.7. The maximum atomic E-state index is 13.4. The first-order valence-corrected chi connectivity index (χ1v) is 10.7. The molecule has 0 atom stereocenters. The molecule has 0 bridgehead atoms. The number of hydrogen-bond donors (Lipinski definition) is 3. The van der Waals surface area contributed by atoms with E-state index < -0.39 is 12.9 Å². The van der Waals surface area contributed by atoms with Gasteiger partial charge in [0, 0.05) is 54.8 Å². The molecule has 3 N–H and O–H groups in total. The molecule has 3 aromatic rings. The second-order valence-corrected chi connectivity index (χ2v) is 8.48. The van der Waals surface area contributed by atoms with Crippen molar-refractivity contribution in [1.29, 1.82) is 0 Å². The van der Waals surface area contributed by atoms with Crippen LogP contribution in [0, 0.1) is 5.92 Å². The molecule has 9 heteroatoms. The van der Waals surface area contributed by atoms with Gasteiger partial charge in [-0.3, -0.25) is 14.4 Å². The van der Waals surface area contributed by atoms with E-state index in [4.69, 9.17) is 4.11 Å². The lowest BCUT2D eigenvalue weighted by atomic mass is 9.93. The molecule has 0 spiro atoms.